The van der Waals surface area contributed by atoms with Gasteiger partial charge in [-0.1, -0.05) is 0 Å². The van der Waals surface area contributed by atoms with E-state index in [0.717, 1.165) is 11.2 Å². The van der Waals surface area contributed by atoms with E-state index < -0.39 is 5.97 Å². The van der Waals surface area contributed by atoms with Crippen LogP contribution in [0.25, 0.3) is 10.9 Å². The highest BCUT2D eigenvalue weighted by Gasteiger charge is 2.11. The molecule has 0 bridgehead atoms. The number of methoxy groups -OCH3 is 1. The second-order valence-electron chi connectivity index (χ2n) is 3.40. The lowest BCUT2D eigenvalue weighted by molar-refractivity contribution is 0.0600. The SMILES string of the molecule is COC(=O)c1cc(O)c2cc(C)[nH]c2c1. The number of carbonyl (C=O) groups is 1. The maximum atomic E-state index is 11.3. The van der Waals surface area contributed by atoms with E-state index in [0.29, 0.717) is 10.9 Å². The van der Waals surface area contributed by atoms with Crippen LogP contribution in [0.15, 0.2) is 18.2 Å². The molecule has 0 atom stereocenters. The van der Waals surface area contributed by atoms with Gasteiger partial charge in [-0.25, -0.2) is 4.79 Å². The maximum Gasteiger partial charge on any atom is 0.338 e. The zero-order chi connectivity index (χ0) is 11.0. The standard InChI is InChI=1S/C11H11NO3/c1-6-3-8-9(12-6)4-7(5-10(8)13)11(14)15-2/h3-5,12-13H,1-2H3. The number of fused-ring (bicyclic) bond motifs is 1. The number of rotatable bonds is 1. The Hall–Kier alpha value is -1.97. The van der Waals surface area contributed by atoms with Crippen LogP contribution in [0.2, 0.25) is 0 Å². The summed E-state index contributed by atoms with van der Waals surface area (Å²) in [6.07, 6.45) is 0. The van der Waals surface area contributed by atoms with Crippen LogP contribution >= 0.6 is 0 Å². The predicted molar refractivity (Wildman–Crippen MR) is 56.0 cm³/mol. The molecule has 2 rings (SSSR count). The summed E-state index contributed by atoms with van der Waals surface area (Å²) in [6.45, 7) is 1.89. The lowest BCUT2D eigenvalue weighted by Gasteiger charge is -2.01. The molecule has 1 aromatic heterocycles. The van der Waals surface area contributed by atoms with Crippen LogP contribution in [-0.2, 0) is 4.74 Å². The van der Waals surface area contributed by atoms with Crippen molar-refractivity contribution in [3.05, 3.63) is 29.5 Å². The van der Waals surface area contributed by atoms with E-state index >= 15 is 0 Å². The maximum absolute atomic E-state index is 11.3. The van der Waals surface area contributed by atoms with Gasteiger partial charge in [-0.2, -0.15) is 0 Å². The van der Waals surface area contributed by atoms with Crippen LogP contribution in [0.5, 0.6) is 5.75 Å². The van der Waals surface area contributed by atoms with E-state index in [-0.39, 0.29) is 5.75 Å². The first-order valence-electron chi connectivity index (χ1n) is 4.52. The number of phenolic OH excluding ortho intramolecular Hbond substituents is 1. The third-order valence-electron chi connectivity index (χ3n) is 2.27. The number of esters is 1. The number of aromatic amines is 1. The van der Waals surface area contributed by atoms with Crippen molar-refractivity contribution in [1.82, 2.24) is 4.98 Å². The van der Waals surface area contributed by atoms with Gasteiger partial charge in [-0.05, 0) is 25.1 Å². The highest BCUT2D eigenvalue weighted by molar-refractivity contribution is 5.97. The lowest BCUT2D eigenvalue weighted by atomic mass is 10.1. The minimum absolute atomic E-state index is 0.0808. The molecule has 4 nitrogen and oxygen atoms in total. The van der Waals surface area contributed by atoms with E-state index in [2.05, 4.69) is 9.72 Å². The summed E-state index contributed by atoms with van der Waals surface area (Å²) >= 11 is 0. The normalized spacial score (nSPS) is 10.5. The molecule has 2 aromatic rings. The number of hydrogen-bond donors (Lipinski definition) is 2. The first-order valence-corrected chi connectivity index (χ1v) is 4.52. The first kappa shape index (κ1) is 9.58. The Morgan fingerprint density at radius 1 is 1.40 bits per heavy atom. The number of aromatic hydroxyl groups is 1. The summed E-state index contributed by atoms with van der Waals surface area (Å²) in [5.74, 6) is -0.378. The van der Waals surface area contributed by atoms with Gasteiger partial charge in [0.15, 0.2) is 0 Å². The second kappa shape index (κ2) is 3.31. The van der Waals surface area contributed by atoms with E-state index in [1.54, 1.807) is 6.07 Å². The number of benzene rings is 1. The Balaban J connectivity index is 2.66. The third-order valence-corrected chi connectivity index (χ3v) is 2.27. The van der Waals surface area contributed by atoms with Gasteiger partial charge in [0, 0.05) is 11.1 Å². The Bertz CT molecular complexity index is 528. The Morgan fingerprint density at radius 3 is 2.80 bits per heavy atom. The van der Waals surface area contributed by atoms with Crippen LogP contribution in [0.4, 0.5) is 0 Å². The van der Waals surface area contributed by atoms with Crippen molar-refractivity contribution in [2.24, 2.45) is 0 Å². The van der Waals surface area contributed by atoms with E-state index in [9.17, 15) is 9.90 Å². The molecule has 1 heterocycles. The first-order chi connectivity index (χ1) is 7.11. The highest BCUT2D eigenvalue weighted by atomic mass is 16.5. The summed E-state index contributed by atoms with van der Waals surface area (Å²) in [7, 11) is 1.31. The quantitative estimate of drug-likeness (QED) is 0.699. The van der Waals surface area contributed by atoms with E-state index in [4.69, 9.17) is 0 Å². The molecule has 0 aliphatic heterocycles. The summed E-state index contributed by atoms with van der Waals surface area (Å²) in [4.78, 5) is 14.3. The van der Waals surface area contributed by atoms with Crippen LogP contribution in [-0.4, -0.2) is 23.2 Å². The van der Waals surface area contributed by atoms with Gasteiger partial charge >= 0.3 is 5.97 Å². The summed E-state index contributed by atoms with van der Waals surface area (Å²) in [6, 6.07) is 4.89. The number of phenols is 1. The van der Waals surface area contributed by atoms with Gasteiger partial charge < -0.3 is 14.8 Å². The van der Waals surface area contributed by atoms with Crippen molar-refractivity contribution in [2.45, 2.75) is 6.92 Å². The molecule has 15 heavy (non-hydrogen) atoms. The van der Waals surface area contributed by atoms with Crippen molar-refractivity contribution in [3.8, 4) is 5.75 Å². The Morgan fingerprint density at radius 2 is 2.13 bits per heavy atom. The fraction of sp³-hybridized carbons (Fsp3) is 0.182. The third kappa shape index (κ3) is 1.54. The van der Waals surface area contributed by atoms with E-state index in [1.807, 2.05) is 13.0 Å². The van der Waals surface area contributed by atoms with Gasteiger partial charge in [0.25, 0.3) is 0 Å². The molecule has 0 saturated heterocycles. The number of carbonyl (C=O) groups excluding carboxylic acids is 1. The van der Waals surface area contributed by atoms with Crippen LogP contribution in [0.3, 0.4) is 0 Å². The molecule has 0 unspecified atom stereocenters. The molecule has 4 heteroatoms. The van der Waals surface area contributed by atoms with Gasteiger partial charge in [0.05, 0.1) is 18.2 Å². The zero-order valence-electron chi connectivity index (χ0n) is 8.50. The largest absolute Gasteiger partial charge is 0.507 e. The van der Waals surface area contributed by atoms with Crippen molar-refractivity contribution in [2.75, 3.05) is 7.11 Å². The number of H-pyrrole nitrogens is 1. The number of ether oxygens (including phenoxy) is 1. The van der Waals surface area contributed by atoms with Crippen molar-refractivity contribution >= 4 is 16.9 Å². The number of nitrogens with one attached hydrogen (secondary N) is 1. The van der Waals surface area contributed by atoms with Gasteiger partial charge in [-0.3, -0.25) is 0 Å². The summed E-state index contributed by atoms with van der Waals surface area (Å²) in [5.41, 5.74) is 2.00. The van der Waals surface area contributed by atoms with Crippen molar-refractivity contribution < 1.29 is 14.6 Å². The van der Waals surface area contributed by atoms with Crippen LogP contribution in [0.1, 0.15) is 16.1 Å². The Labute approximate surface area is 86.5 Å². The smallest absolute Gasteiger partial charge is 0.338 e. The molecular weight excluding hydrogens is 194 g/mol. The van der Waals surface area contributed by atoms with Gasteiger partial charge in [0.1, 0.15) is 5.75 Å². The molecule has 0 amide bonds. The molecule has 0 aliphatic rings. The summed E-state index contributed by atoms with van der Waals surface area (Å²) < 4.78 is 4.58. The molecule has 0 aliphatic carbocycles. The predicted octanol–water partition coefficient (Wildman–Crippen LogP) is 1.97. The second-order valence-corrected chi connectivity index (χ2v) is 3.40. The molecule has 2 N–H and O–H groups in total. The minimum atomic E-state index is -0.459. The molecule has 0 fully saturated rings. The average Bonchev–Trinajstić information content (AvgIpc) is 2.58. The monoisotopic (exact) mass is 205 g/mol. The van der Waals surface area contributed by atoms with Crippen LogP contribution < -0.4 is 0 Å². The van der Waals surface area contributed by atoms with Crippen molar-refractivity contribution in [3.63, 3.8) is 0 Å². The lowest BCUT2D eigenvalue weighted by Crippen LogP contribution is -2.00. The molecule has 1 aromatic carbocycles. The van der Waals surface area contributed by atoms with Gasteiger partial charge in [-0.15, -0.1) is 0 Å². The van der Waals surface area contributed by atoms with E-state index in [1.165, 1.54) is 13.2 Å². The molecular formula is C11H11NO3. The van der Waals surface area contributed by atoms with Crippen molar-refractivity contribution in [1.29, 1.82) is 0 Å². The molecule has 0 saturated carbocycles. The fourth-order valence-electron chi connectivity index (χ4n) is 1.59. The average molecular weight is 205 g/mol. The number of hydrogen-bond acceptors (Lipinski definition) is 3. The van der Waals surface area contributed by atoms with Crippen LogP contribution in [0, 0.1) is 6.92 Å². The zero-order valence-corrected chi connectivity index (χ0v) is 8.50. The molecule has 0 radical (unpaired) electrons. The number of aryl methyl sites for hydroxylation is 1. The molecule has 78 valence electrons. The fourth-order valence-corrected chi connectivity index (χ4v) is 1.59. The molecule has 0 spiro atoms. The van der Waals surface area contributed by atoms with Gasteiger partial charge in [0.2, 0.25) is 0 Å². The number of aromatic nitrogens is 1. The Kier molecular flexibility index (Phi) is 2.11. The minimum Gasteiger partial charge on any atom is -0.507 e. The summed E-state index contributed by atoms with van der Waals surface area (Å²) in [5, 5.41) is 10.4. The topological polar surface area (TPSA) is 62.3 Å². The highest BCUT2D eigenvalue weighted by Crippen LogP contribution is 2.27.